The topological polar surface area (TPSA) is 32.5 Å². The fraction of sp³-hybridized carbons (Fsp3) is 1.00. The van der Waals surface area contributed by atoms with E-state index in [0.29, 0.717) is 0 Å². The van der Waals surface area contributed by atoms with E-state index in [0.717, 1.165) is 18.5 Å². The molecule has 1 heterocycles. The molecule has 0 bridgehead atoms. The average molecular weight is 267 g/mol. The number of likely N-dealkylation sites (tertiary alicyclic amines) is 1. The zero-order valence-electron chi connectivity index (χ0n) is 13.2. The summed E-state index contributed by atoms with van der Waals surface area (Å²) in [6.07, 6.45) is 9.39. The molecule has 1 saturated carbocycles. The molecule has 0 amide bonds. The first-order valence-electron chi connectivity index (χ1n) is 8.19. The third-order valence-electron chi connectivity index (χ3n) is 5.79. The van der Waals surface area contributed by atoms with Gasteiger partial charge in [-0.2, -0.15) is 0 Å². The molecule has 2 rings (SSSR count). The lowest BCUT2D eigenvalue weighted by molar-refractivity contribution is 0.0805. The Labute approximate surface area is 119 Å². The van der Waals surface area contributed by atoms with Crippen LogP contribution in [-0.2, 0) is 0 Å². The van der Waals surface area contributed by atoms with E-state index in [4.69, 9.17) is 5.73 Å². The predicted molar refractivity (Wildman–Crippen MR) is 82.3 cm³/mol. The van der Waals surface area contributed by atoms with Crippen molar-refractivity contribution in [2.45, 2.75) is 63.5 Å². The highest BCUT2D eigenvalue weighted by molar-refractivity contribution is 4.94. The minimum absolute atomic E-state index is 0.272. The van der Waals surface area contributed by atoms with Gasteiger partial charge in [0.1, 0.15) is 0 Å². The van der Waals surface area contributed by atoms with E-state index in [1.807, 2.05) is 0 Å². The van der Waals surface area contributed by atoms with E-state index >= 15 is 0 Å². The summed E-state index contributed by atoms with van der Waals surface area (Å²) in [5.41, 5.74) is 6.48. The van der Waals surface area contributed by atoms with Gasteiger partial charge in [0.2, 0.25) is 0 Å². The summed E-state index contributed by atoms with van der Waals surface area (Å²) < 4.78 is 0. The van der Waals surface area contributed by atoms with Crippen molar-refractivity contribution in [1.82, 2.24) is 9.80 Å². The Morgan fingerprint density at radius 1 is 1.21 bits per heavy atom. The van der Waals surface area contributed by atoms with Gasteiger partial charge in [0.25, 0.3) is 0 Å². The second-order valence-electron chi connectivity index (χ2n) is 7.12. The van der Waals surface area contributed by atoms with Crippen molar-refractivity contribution >= 4 is 0 Å². The van der Waals surface area contributed by atoms with Crippen LogP contribution in [0, 0.1) is 5.92 Å². The molecule has 3 nitrogen and oxygen atoms in total. The van der Waals surface area contributed by atoms with Crippen LogP contribution in [0.3, 0.4) is 0 Å². The maximum Gasteiger partial charge on any atom is 0.0329 e. The molecule has 1 aliphatic carbocycles. The van der Waals surface area contributed by atoms with Crippen LogP contribution in [0.25, 0.3) is 0 Å². The van der Waals surface area contributed by atoms with Gasteiger partial charge in [0.15, 0.2) is 0 Å². The third kappa shape index (κ3) is 3.50. The highest BCUT2D eigenvalue weighted by Crippen LogP contribution is 2.34. The molecule has 0 spiro atoms. The highest BCUT2D eigenvalue weighted by atomic mass is 15.2. The molecular weight excluding hydrogens is 234 g/mol. The molecule has 0 aromatic rings. The minimum atomic E-state index is 0.272. The van der Waals surface area contributed by atoms with Gasteiger partial charge in [-0.3, -0.25) is 4.90 Å². The van der Waals surface area contributed by atoms with Crippen molar-refractivity contribution in [3.8, 4) is 0 Å². The van der Waals surface area contributed by atoms with Crippen molar-refractivity contribution < 1.29 is 0 Å². The molecule has 3 atom stereocenters. The van der Waals surface area contributed by atoms with Crippen LogP contribution in [0.15, 0.2) is 0 Å². The lowest BCUT2D eigenvalue weighted by atomic mass is 9.87. The second-order valence-corrected chi connectivity index (χ2v) is 7.12. The van der Waals surface area contributed by atoms with E-state index < -0.39 is 0 Å². The average Bonchev–Trinajstić information content (AvgIpc) is 2.69. The Kier molecular flexibility index (Phi) is 5.27. The summed E-state index contributed by atoms with van der Waals surface area (Å²) in [7, 11) is 4.59. The molecule has 2 N–H and O–H groups in total. The molecule has 112 valence electrons. The second kappa shape index (κ2) is 6.55. The maximum absolute atomic E-state index is 6.21. The number of rotatable bonds is 4. The van der Waals surface area contributed by atoms with Gasteiger partial charge in [-0.15, -0.1) is 0 Å². The van der Waals surface area contributed by atoms with Gasteiger partial charge >= 0.3 is 0 Å². The normalized spacial score (nSPS) is 37.7. The molecule has 1 saturated heterocycles. The van der Waals surface area contributed by atoms with Crippen LogP contribution in [0.4, 0.5) is 0 Å². The molecule has 19 heavy (non-hydrogen) atoms. The van der Waals surface area contributed by atoms with Gasteiger partial charge in [0.05, 0.1) is 0 Å². The van der Waals surface area contributed by atoms with Crippen molar-refractivity contribution in [3.05, 3.63) is 0 Å². The van der Waals surface area contributed by atoms with E-state index in [-0.39, 0.29) is 5.54 Å². The van der Waals surface area contributed by atoms with Gasteiger partial charge < -0.3 is 10.6 Å². The largest absolute Gasteiger partial charge is 0.329 e. The lowest BCUT2D eigenvalue weighted by Gasteiger charge is -2.43. The summed E-state index contributed by atoms with van der Waals surface area (Å²) in [4.78, 5) is 5.14. The number of nitrogens with zero attached hydrogens (tertiary/aromatic N) is 2. The summed E-state index contributed by atoms with van der Waals surface area (Å²) in [6, 6.07) is 0.745. The fourth-order valence-electron chi connectivity index (χ4n) is 4.03. The summed E-state index contributed by atoms with van der Waals surface area (Å²) in [5, 5.41) is 0. The highest BCUT2D eigenvalue weighted by Gasteiger charge is 2.36. The molecule has 2 fully saturated rings. The van der Waals surface area contributed by atoms with E-state index in [9.17, 15) is 0 Å². The molecule has 3 heteroatoms. The standard InChI is InChI=1S/C16H33N3/c1-14-6-4-9-16(13-17,10-8-14)19(3)12-15-7-5-11-18(15)2/h14-15H,4-13,17H2,1-3H3. The molecule has 2 aliphatic rings. The summed E-state index contributed by atoms with van der Waals surface area (Å²) in [5.74, 6) is 0.885. The molecule has 0 radical (unpaired) electrons. The first-order chi connectivity index (χ1) is 9.07. The molecule has 1 aliphatic heterocycles. The van der Waals surface area contributed by atoms with Crippen LogP contribution in [0.5, 0.6) is 0 Å². The number of hydrogen-bond donors (Lipinski definition) is 1. The number of likely N-dealkylation sites (N-methyl/N-ethyl adjacent to an activating group) is 2. The monoisotopic (exact) mass is 267 g/mol. The Morgan fingerprint density at radius 3 is 2.63 bits per heavy atom. The molecular formula is C16H33N3. The van der Waals surface area contributed by atoms with Gasteiger partial charge in [-0.05, 0) is 58.7 Å². The zero-order chi connectivity index (χ0) is 13.9. The zero-order valence-corrected chi connectivity index (χ0v) is 13.2. The van der Waals surface area contributed by atoms with Crippen molar-refractivity contribution in [2.24, 2.45) is 11.7 Å². The predicted octanol–water partition coefficient (Wildman–Crippen LogP) is 2.31. The molecule has 3 unspecified atom stereocenters. The first-order valence-corrected chi connectivity index (χ1v) is 8.19. The van der Waals surface area contributed by atoms with Crippen LogP contribution >= 0.6 is 0 Å². The lowest BCUT2D eigenvalue weighted by Crippen LogP contribution is -2.55. The van der Waals surface area contributed by atoms with Crippen molar-refractivity contribution in [2.75, 3.05) is 33.7 Å². The van der Waals surface area contributed by atoms with Crippen LogP contribution in [0.1, 0.15) is 51.9 Å². The van der Waals surface area contributed by atoms with Gasteiger partial charge in [-0.25, -0.2) is 0 Å². The van der Waals surface area contributed by atoms with Crippen LogP contribution < -0.4 is 5.73 Å². The maximum atomic E-state index is 6.21. The van der Waals surface area contributed by atoms with Crippen molar-refractivity contribution in [3.63, 3.8) is 0 Å². The Morgan fingerprint density at radius 2 is 2.00 bits per heavy atom. The number of hydrogen-bond acceptors (Lipinski definition) is 3. The Hall–Kier alpha value is -0.120. The third-order valence-corrected chi connectivity index (χ3v) is 5.79. The van der Waals surface area contributed by atoms with Gasteiger partial charge in [0, 0.05) is 24.7 Å². The SMILES string of the molecule is CC1CCCC(CN)(N(C)CC2CCCN2C)CC1. The van der Waals surface area contributed by atoms with Crippen LogP contribution in [0.2, 0.25) is 0 Å². The molecule has 0 aromatic carbocycles. The van der Waals surface area contributed by atoms with E-state index in [1.54, 1.807) is 0 Å². The smallest absolute Gasteiger partial charge is 0.0329 e. The first kappa shape index (κ1) is 15.3. The Bertz CT molecular complexity index is 281. The van der Waals surface area contributed by atoms with Crippen LogP contribution in [-0.4, -0.2) is 55.1 Å². The number of nitrogens with two attached hydrogens (primary N) is 1. The van der Waals surface area contributed by atoms with E-state index in [1.165, 1.54) is 58.0 Å². The fourth-order valence-corrected chi connectivity index (χ4v) is 4.03. The Balaban J connectivity index is 1.98. The molecule has 0 aromatic heterocycles. The summed E-state index contributed by atoms with van der Waals surface area (Å²) in [6.45, 7) is 5.69. The van der Waals surface area contributed by atoms with E-state index in [2.05, 4.69) is 30.8 Å². The minimum Gasteiger partial charge on any atom is -0.329 e. The van der Waals surface area contributed by atoms with Crippen molar-refractivity contribution in [1.29, 1.82) is 0 Å². The van der Waals surface area contributed by atoms with Gasteiger partial charge in [-0.1, -0.05) is 19.8 Å². The quantitative estimate of drug-likeness (QED) is 0.793. The summed E-state index contributed by atoms with van der Waals surface area (Å²) >= 11 is 0.